The Morgan fingerprint density at radius 2 is 1.68 bits per heavy atom. The highest BCUT2D eigenvalue weighted by atomic mass is 16.7. The van der Waals surface area contributed by atoms with Crippen molar-refractivity contribution in [1.29, 1.82) is 0 Å². The SMILES string of the molecule is CCCCC.c1ccc2cc3c(cc2c1)COCO3. The average molecular weight is 258 g/mol. The highest BCUT2D eigenvalue weighted by molar-refractivity contribution is 5.85. The fourth-order valence-electron chi connectivity index (χ4n) is 2.12. The van der Waals surface area contributed by atoms with Gasteiger partial charge in [-0.25, -0.2) is 0 Å². The summed E-state index contributed by atoms with van der Waals surface area (Å²) in [6.07, 6.45) is 4.08. The fraction of sp³-hybridized carbons (Fsp3) is 0.412. The van der Waals surface area contributed by atoms with Crippen LogP contribution in [0.1, 0.15) is 38.7 Å². The molecule has 0 atom stereocenters. The third-order valence-corrected chi connectivity index (χ3v) is 3.19. The van der Waals surface area contributed by atoms with Gasteiger partial charge in [-0.3, -0.25) is 0 Å². The minimum atomic E-state index is 0.366. The van der Waals surface area contributed by atoms with Crippen molar-refractivity contribution in [3.63, 3.8) is 0 Å². The van der Waals surface area contributed by atoms with E-state index in [2.05, 4.69) is 38.1 Å². The van der Waals surface area contributed by atoms with Gasteiger partial charge >= 0.3 is 0 Å². The van der Waals surface area contributed by atoms with E-state index >= 15 is 0 Å². The van der Waals surface area contributed by atoms with Crippen molar-refractivity contribution in [2.24, 2.45) is 0 Å². The predicted octanol–water partition coefficient (Wildman–Crippen LogP) is 4.90. The third-order valence-electron chi connectivity index (χ3n) is 3.19. The monoisotopic (exact) mass is 258 g/mol. The molecular formula is C17H22O2. The maximum absolute atomic E-state index is 5.41. The zero-order valence-corrected chi connectivity index (χ0v) is 11.8. The van der Waals surface area contributed by atoms with E-state index in [0.717, 1.165) is 11.3 Å². The molecule has 0 fully saturated rings. The summed E-state index contributed by atoms with van der Waals surface area (Å²) in [5, 5.41) is 2.45. The summed E-state index contributed by atoms with van der Waals surface area (Å²) in [4.78, 5) is 0. The van der Waals surface area contributed by atoms with E-state index in [9.17, 15) is 0 Å². The molecule has 3 rings (SSSR count). The minimum Gasteiger partial charge on any atom is -0.467 e. The van der Waals surface area contributed by atoms with Gasteiger partial charge in [-0.1, -0.05) is 57.4 Å². The topological polar surface area (TPSA) is 18.5 Å². The van der Waals surface area contributed by atoms with Crippen LogP contribution in [-0.4, -0.2) is 6.79 Å². The molecule has 2 aromatic rings. The van der Waals surface area contributed by atoms with Gasteiger partial charge in [-0.2, -0.15) is 0 Å². The molecule has 0 aromatic heterocycles. The largest absolute Gasteiger partial charge is 0.467 e. The second-order valence-corrected chi connectivity index (χ2v) is 4.77. The molecule has 1 aliphatic heterocycles. The molecule has 0 saturated heterocycles. The average Bonchev–Trinajstić information content (AvgIpc) is 2.46. The number of fused-ring (bicyclic) bond motifs is 2. The van der Waals surface area contributed by atoms with Crippen molar-refractivity contribution in [2.75, 3.05) is 6.79 Å². The quantitative estimate of drug-likeness (QED) is 0.762. The van der Waals surface area contributed by atoms with Gasteiger partial charge in [0.2, 0.25) is 0 Å². The van der Waals surface area contributed by atoms with Gasteiger partial charge in [0.1, 0.15) is 5.75 Å². The molecule has 0 spiro atoms. The van der Waals surface area contributed by atoms with Gasteiger partial charge in [-0.05, 0) is 22.9 Å². The smallest absolute Gasteiger partial charge is 0.189 e. The molecule has 19 heavy (non-hydrogen) atoms. The zero-order valence-electron chi connectivity index (χ0n) is 11.8. The molecule has 0 bridgehead atoms. The lowest BCUT2D eigenvalue weighted by Crippen LogP contribution is -2.10. The Morgan fingerprint density at radius 3 is 2.32 bits per heavy atom. The Hall–Kier alpha value is -1.54. The number of hydrogen-bond acceptors (Lipinski definition) is 2. The van der Waals surface area contributed by atoms with Gasteiger partial charge in [-0.15, -0.1) is 0 Å². The molecule has 0 saturated carbocycles. The summed E-state index contributed by atoms with van der Waals surface area (Å²) < 4.78 is 10.6. The molecule has 2 nitrogen and oxygen atoms in total. The second kappa shape index (κ2) is 7.15. The molecule has 0 radical (unpaired) electrons. The lowest BCUT2D eigenvalue weighted by atomic mass is 10.1. The summed E-state index contributed by atoms with van der Waals surface area (Å²) >= 11 is 0. The van der Waals surface area contributed by atoms with Crippen molar-refractivity contribution in [2.45, 2.75) is 39.7 Å². The first kappa shape index (κ1) is 13.9. The Labute approximate surface area is 115 Å². The van der Waals surface area contributed by atoms with Crippen molar-refractivity contribution >= 4 is 10.8 Å². The molecule has 0 unspecified atom stereocenters. The Bertz CT molecular complexity index is 473. The summed E-state index contributed by atoms with van der Waals surface area (Å²) in [5.74, 6) is 0.954. The van der Waals surface area contributed by atoms with Gasteiger partial charge in [0, 0.05) is 5.56 Å². The van der Waals surface area contributed by atoms with E-state index in [1.165, 1.54) is 30.0 Å². The number of ether oxygens (including phenoxy) is 2. The predicted molar refractivity (Wildman–Crippen MR) is 79.4 cm³/mol. The summed E-state index contributed by atoms with van der Waals surface area (Å²) in [5.41, 5.74) is 1.13. The number of unbranched alkanes of at least 4 members (excludes halogenated alkanes) is 2. The maximum Gasteiger partial charge on any atom is 0.189 e. The number of hydrogen-bond donors (Lipinski definition) is 0. The van der Waals surface area contributed by atoms with Crippen molar-refractivity contribution < 1.29 is 9.47 Å². The van der Waals surface area contributed by atoms with Crippen LogP contribution < -0.4 is 4.74 Å². The van der Waals surface area contributed by atoms with Crippen LogP contribution in [-0.2, 0) is 11.3 Å². The first-order valence-electron chi connectivity index (χ1n) is 7.07. The minimum absolute atomic E-state index is 0.366. The molecule has 0 amide bonds. The number of benzene rings is 2. The van der Waals surface area contributed by atoms with Gasteiger partial charge < -0.3 is 9.47 Å². The second-order valence-electron chi connectivity index (χ2n) is 4.77. The summed E-state index contributed by atoms with van der Waals surface area (Å²) in [7, 11) is 0. The molecule has 2 aromatic carbocycles. The maximum atomic E-state index is 5.41. The van der Waals surface area contributed by atoms with E-state index in [0.29, 0.717) is 13.4 Å². The van der Waals surface area contributed by atoms with Crippen LogP contribution in [0.4, 0.5) is 0 Å². The Kier molecular flexibility index (Phi) is 5.22. The third kappa shape index (κ3) is 3.71. The van der Waals surface area contributed by atoms with Crippen molar-refractivity contribution in [3.8, 4) is 5.75 Å². The first-order chi connectivity index (χ1) is 9.35. The lowest BCUT2D eigenvalue weighted by molar-refractivity contribution is -0.0161. The first-order valence-corrected chi connectivity index (χ1v) is 7.07. The highest BCUT2D eigenvalue weighted by Crippen LogP contribution is 2.28. The highest BCUT2D eigenvalue weighted by Gasteiger charge is 2.10. The number of rotatable bonds is 2. The van der Waals surface area contributed by atoms with Crippen molar-refractivity contribution in [3.05, 3.63) is 42.0 Å². The van der Waals surface area contributed by atoms with Crippen LogP contribution in [0.15, 0.2) is 36.4 Å². The molecule has 102 valence electrons. The molecule has 0 N–H and O–H groups in total. The van der Waals surface area contributed by atoms with Gasteiger partial charge in [0.05, 0.1) is 6.61 Å². The van der Waals surface area contributed by atoms with E-state index in [1.54, 1.807) is 0 Å². The van der Waals surface area contributed by atoms with Crippen LogP contribution in [0, 0.1) is 0 Å². The summed E-state index contributed by atoms with van der Waals surface area (Å²) in [6, 6.07) is 12.5. The molecule has 1 aliphatic rings. The van der Waals surface area contributed by atoms with Crippen LogP contribution in [0.3, 0.4) is 0 Å². The van der Waals surface area contributed by atoms with E-state index in [4.69, 9.17) is 9.47 Å². The van der Waals surface area contributed by atoms with Crippen LogP contribution >= 0.6 is 0 Å². The Morgan fingerprint density at radius 1 is 1.00 bits per heavy atom. The van der Waals surface area contributed by atoms with Crippen LogP contribution in [0.25, 0.3) is 10.8 Å². The van der Waals surface area contributed by atoms with Gasteiger partial charge in [0.25, 0.3) is 0 Å². The Balaban J connectivity index is 0.000000232. The molecular weight excluding hydrogens is 236 g/mol. The van der Waals surface area contributed by atoms with Crippen LogP contribution in [0.2, 0.25) is 0 Å². The zero-order chi connectivity index (χ0) is 13.5. The van der Waals surface area contributed by atoms with Crippen molar-refractivity contribution in [1.82, 2.24) is 0 Å². The van der Waals surface area contributed by atoms with E-state index < -0.39 is 0 Å². The standard InChI is InChI=1S/C12H10O2.C5H12/c1-2-4-10-6-12-11(5-9(10)3-1)7-13-8-14-12;1-3-5-4-2/h1-6H,7-8H2;3-5H2,1-2H3. The lowest BCUT2D eigenvalue weighted by Gasteiger charge is -2.18. The normalized spacial score (nSPS) is 13.2. The van der Waals surface area contributed by atoms with E-state index in [-0.39, 0.29) is 0 Å². The molecule has 0 aliphatic carbocycles. The van der Waals surface area contributed by atoms with Crippen LogP contribution in [0.5, 0.6) is 5.75 Å². The molecule has 2 heteroatoms. The fourth-order valence-corrected chi connectivity index (χ4v) is 2.12. The van der Waals surface area contributed by atoms with Gasteiger partial charge in [0.15, 0.2) is 6.79 Å². The van der Waals surface area contributed by atoms with E-state index in [1.807, 2.05) is 12.1 Å². The summed E-state index contributed by atoms with van der Waals surface area (Å²) in [6.45, 7) is 5.44. The molecule has 1 heterocycles.